The summed E-state index contributed by atoms with van der Waals surface area (Å²) in [6, 6.07) is 7.17. The molecule has 1 aliphatic carbocycles. The molecule has 0 unspecified atom stereocenters. The predicted octanol–water partition coefficient (Wildman–Crippen LogP) is 2.93. The highest BCUT2D eigenvalue weighted by Gasteiger charge is 2.29. The van der Waals surface area contributed by atoms with E-state index in [2.05, 4.69) is 30.5 Å². The molecule has 3 aromatic heterocycles. The van der Waals surface area contributed by atoms with Crippen molar-refractivity contribution in [2.75, 3.05) is 36.1 Å². The number of fused-ring (bicyclic) bond motifs is 1. The van der Waals surface area contributed by atoms with Crippen molar-refractivity contribution in [2.45, 2.75) is 44.7 Å². The number of hydrogen-bond donors (Lipinski definition) is 3. The first-order chi connectivity index (χ1) is 19.8. The average Bonchev–Trinajstić information content (AvgIpc) is 3.68. The van der Waals surface area contributed by atoms with Crippen molar-refractivity contribution in [3.8, 4) is 5.82 Å². The van der Waals surface area contributed by atoms with Gasteiger partial charge >= 0.3 is 0 Å². The van der Waals surface area contributed by atoms with E-state index in [1.165, 1.54) is 29.5 Å². The van der Waals surface area contributed by atoms with Gasteiger partial charge in [0.2, 0.25) is 0 Å². The number of nitrogens with one attached hydrogen (secondary N) is 2. The van der Waals surface area contributed by atoms with Gasteiger partial charge in [0.05, 0.1) is 28.8 Å². The maximum atomic E-state index is 15.6. The second-order valence-electron chi connectivity index (χ2n) is 10.6. The van der Waals surface area contributed by atoms with E-state index < -0.39 is 11.7 Å². The van der Waals surface area contributed by atoms with Gasteiger partial charge in [0.1, 0.15) is 5.82 Å². The Balaban J connectivity index is 1.32. The van der Waals surface area contributed by atoms with Crippen LogP contribution in [0.3, 0.4) is 0 Å². The Labute approximate surface area is 235 Å². The Kier molecular flexibility index (Phi) is 7.00. The molecule has 12 heteroatoms. The zero-order chi connectivity index (χ0) is 28.7. The lowest BCUT2D eigenvalue weighted by Crippen LogP contribution is -2.43. The number of nitrogen functional groups attached to an aromatic ring is 1. The van der Waals surface area contributed by atoms with Crippen LogP contribution in [0.1, 0.15) is 47.3 Å². The fraction of sp³-hybridized carbons (Fsp3) is 0.345. The van der Waals surface area contributed by atoms with Gasteiger partial charge in [-0.05, 0) is 44.7 Å². The molecule has 2 fully saturated rings. The maximum Gasteiger partial charge on any atom is 0.261 e. The van der Waals surface area contributed by atoms with Gasteiger partial charge in [-0.1, -0.05) is 6.07 Å². The van der Waals surface area contributed by atoms with Gasteiger partial charge in [0, 0.05) is 62.5 Å². The Morgan fingerprint density at radius 2 is 1.90 bits per heavy atom. The van der Waals surface area contributed by atoms with Crippen LogP contribution in [0, 0.1) is 12.7 Å². The number of carbonyl (C=O) groups excluding carboxylic acids is 1. The molecule has 41 heavy (non-hydrogen) atoms. The van der Waals surface area contributed by atoms with Crippen LogP contribution < -0.4 is 26.8 Å². The highest BCUT2D eigenvalue weighted by atomic mass is 19.1. The third-order valence-corrected chi connectivity index (χ3v) is 7.54. The normalized spacial score (nSPS) is 16.1. The van der Waals surface area contributed by atoms with Crippen LogP contribution in [-0.2, 0) is 0 Å². The quantitative estimate of drug-likeness (QED) is 0.235. The van der Waals surface area contributed by atoms with E-state index in [1.807, 2.05) is 6.92 Å². The number of carbonyl (C=O) groups is 1. The number of aromatic nitrogens is 4. The molecule has 212 valence electrons. The predicted molar refractivity (Wildman–Crippen MR) is 157 cm³/mol. The number of imidazole rings is 1. The summed E-state index contributed by atoms with van der Waals surface area (Å²) in [5.41, 5.74) is 8.09. The number of pyridine rings is 1. The van der Waals surface area contributed by atoms with Crippen molar-refractivity contribution in [2.24, 2.45) is 4.99 Å². The van der Waals surface area contributed by atoms with Gasteiger partial charge < -0.3 is 21.3 Å². The molecule has 0 radical (unpaired) electrons. The van der Waals surface area contributed by atoms with Crippen molar-refractivity contribution in [1.82, 2.24) is 24.3 Å². The van der Waals surface area contributed by atoms with Crippen molar-refractivity contribution in [3.05, 3.63) is 75.8 Å². The molecular weight excluding hydrogens is 525 g/mol. The number of halogens is 1. The van der Waals surface area contributed by atoms with Gasteiger partial charge in [0.25, 0.3) is 11.5 Å². The van der Waals surface area contributed by atoms with Gasteiger partial charge in [-0.15, -0.1) is 0 Å². The number of hydrogen-bond acceptors (Lipinski definition) is 8. The van der Waals surface area contributed by atoms with E-state index in [9.17, 15) is 9.59 Å². The molecule has 4 heterocycles. The van der Waals surface area contributed by atoms with Crippen LogP contribution in [0.15, 0.2) is 52.6 Å². The molecule has 4 aromatic rings. The minimum atomic E-state index is -0.764. The summed E-state index contributed by atoms with van der Waals surface area (Å²) in [5.74, 6) is -1.17. The van der Waals surface area contributed by atoms with E-state index in [0.717, 1.165) is 25.9 Å². The number of benzene rings is 1. The Morgan fingerprint density at radius 1 is 1.15 bits per heavy atom. The molecule has 0 bridgehead atoms. The minimum absolute atomic E-state index is 0.000356. The van der Waals surface area contributed by atoms with E-state index in [0.29, 0.717) is 34.7 Å². The van der Waals surface area contributed by atoms with E-state index in [-0.39, 0.29) is 28.4 Å². The number of amides is 1. The lowest BCUT2D eigenvalue weighted by atomic mass is 9.99. The van der Waals surface area contributed by atoms with Crippen LogP contribution in [0.4, 0.5) is 21.6 Å². The summed E-state index contributed by atoms with van der Waals surface area (Å²) in [5, 5.41) is 6.34. The van der Waals surface area contributed by atoms with Crippen LogP contribution in [0.25, 0.3) is 11.5 Å². The summed E-state index contributed by atoms with van der Waals surface area (Å²) < 4.78 is 18.6. The number of nitrogens with zero attached hydrogens (tertiary/aromatic N) is 6. The van der Waals surface area contributed by atoms with Gasteiger partial charge in [-0.2, -0.15) is 0 Å². The zero-order valence-electron chi connectivity index (χ0n) is 23.0. The molecule has 1 saturated heterocycles. The van der Waals surface area contributed by atoms with E-state index in [1.54, 1.807) is 48.4 Å². The molecule has 1 amide bonds. The molecule has 0 spiro atoms. The Hall–Kier alpha value is -4.58. The SMILES string of the molecule is CN=Cc1c(N2CCC(NC3CC3)CC2)cc(F)c(C(=O)Nc2cn3cc(C)nc3c(-n3ccccc3=O)n2)c1N. The van der Waals surface area contributed by atoms with Crippen LogP contribution >= 0.6 is 0 Å². The molecule has 1 aromatic carbocycles. The second-order valence-corrected chi connectivity index (χ2v) is 10.6. The maximum absolute atomic E-state index is 15.6. The van der Waals surface area contributed by atoms with Crippen LogP contribution in [0.5, 0.6) is 0 Å². The van der Waals surface area contributed by atoms with Crippen molar-refractivity contribution >= 4 is 35.0 Å². The summed E-state index contributed by atoms with van der Waals surface area (Å²) in [7, 11) is 1.61. The zero-order valence-corrected chi connectivity index (χ0v) is 23.0. The second kappa shape index (κ2) is 10.8. The highest BCUT2D eigenvalue weighted by Crippen LogP contribution is 2.33. The lowest BCUT2D eigenvalue weighted by Gasteiger charge is -2.35. The first-order valence-electron chi connectivity index (χ1n) is 13.7. The summed E-state index contributed by atoms with van der Waals surface area (Å²) in [6.07, 6.45) is 10.8. The minimum Gasteiger partial charge on any atom is -0.397 e. The standard InChI is InChI=1S/C29H32FN9O2/c1-17-15-38-16-23(35-28(27(38)33-17)39-10-4-3-5-24(39)40)36-29(41)25-21(30)13-22(20(14-32-2)26(25)31)37-11-8-19(9-12-37)34-18-6-7-18/h3-5,10,13-16,18-19,34H,6-9,11-12,31H2,1-2H3,(H,36,41). The third kappa shape index (κ3) is 5.30. The van der Waals surface area contributed by atoms with Crippen molar-refractivity contribution < 1.29 is 9.18 Å². The van der Waals surface area contributed by atoms with Gasteiger partial charge in [-0.25, -0.2) is 14.4 Å². The average molecular weight is 558 g/mol. The van der Waals surface area contributed by atoms with Crippen molar-refractivity contribution in [1.29, 1.82) is 0 Å². The molecule has 1 aliphatic heterocycles. The van der Waals surface area contributed by atoms with Crippen LogP contribution in [0.2, 0.25) is 0 Å². The molecule has 2 aliphatic rings. The topological polar surface area (TPSA) is 135 Å². The fourth-order valence-electron chi connectivity index (χ4n) is 5.41. The number of nitrogens with two attached hydrogens (primary N) is 1. The molecule has 4 N–H and O–H groups in total. The number of rotatable bonds is 7. The Bertz CT molecular complexity index is 1720. The lowest BCUT2D eigenvalue weighted by molar-refractivity contribution is 0.102. The monoisotopic (exact) mass is 557 g/mol. The van der Waals surface area contributed by atoms with Crippen LogP contribution in [-0.4, -0.2) is 63.3 Å². The summed E-state index contributed by atoms with van der Waals surface area (Å²) in [6.45, 7) is 3.30. The number of anilines is 3. The summed E-state index contributed by atoms with van der Waals surface area (Å²) in [4.78, 5) is 41.2. The molecule has 1 saturated carbocycles. The van der Waals surface area contributed by atoms with E-state index >= 15 is 4.39 Å². The van der Waals surface area contributed by atoms with E-state index in [4.69, 9.17) is 5.73 Å². The summed E-state index contributed by atoms with van der Waals surface area (Å²) >= 11 is 0. The van der Waals surface area contributed by atoms with Gasteiger partial charge in [0.15, 0.2) is 17.3 Å². The van der Waals surface area contributed by atoms with Crippen molar-refractivity contribution in [3.63, 3.8) is 0 Å². The molecule has 11 nitrogen and oxygen atoms in total. The van der Waals surface area contributed by atoms with Gasteiger partial charge in [-0.3, -0.25) is 23.5 Å². The number of piperidine rings is 1. The fourth-order valence-corrected chi connectivity index (χ4v) is 5.41. The Morgan fingerprint density at radius 3 is 2.61 bits per heavy atom. The highest BCUT2D eigenvalue weighted by molar-refractivity contribution is 6.11. The first kappa shape index (κ1) is 26.6. The molecule has 0 atom stereocenters. The molecular formula is C29H32FN9O2. The number of aryl methyl sites for hydroxylation is 1. The largest absolute Gasteiger partial charge is 0.397 e. The first-order valence-corrected chi connectivity index (χ1v) is 13.7. The molecule has 6 rings (SSSR count). The third-order valence-electron chi connectivity index (χ3n) is 7.54. The smallest absolute Gasteiger partial charge is 0.261 e. The number of aliphatic imine (C=N–C) groups is 1.